The lowest BCUT2D eigenvalue weighted by Crippen LogP contribution is -2.38. The van der Waals surface area contributed by atoms with Crippen LogP contribution in [0.2, 0.25) is 0 Å². The SMILES string of the molecule is CC(/C=N/c1c(C2CCN(C(=O)c3ccc(S(F)(F)(F)(F)F)cc3)CC2)ccnc1N)OC=O. The number of nitrogen functional groups attached to an aromatic ring is 1. The van der Waals surface area contributed by atoms with Crippen molar-refractivity contribution in [2.24, 2.45) is 4.99 Å². The largest absolute Gasteiger partial charge is 0.459 e. The normalized spacial score (nSPS) is 18.2. The molecule has 0 saturated carbocycles. The Hall–Kier alpha value is -3.22. The van der Waals surface area contributed by atoms with E-state index in [-0.39, 0.29) is 29.4 Å². The maximum atomic E-state index is 12.9. The van der Waals surface area contributed by atoms with E-state index < -0.39 is 27.1 Å². The van der Waals surface area contributed by atoms with Gasteiger partial charge in [-0.2, -0.15) is 0 Å². The van der Waals surface area contributed by atoms with Gasteiger partial charge >= 0.3 is 10.2 Å². The molecule has 2 N–H and O–H groups in total. The van der Waals surface area contributed by atoms with E-state index in [0.29, 0.717) is 38.1 Å². The molecule has 13 heteroatoms. The molecule has 3 rings (SSSR count). The number of rotatable bonds is 7. The molecule has 1 atom stereocenters. The standard InChI is InChI=1S/C21H23F5N4O3S/c1-14(33-13-31)12-29-19-18(6-9-28-20(19)27)15-7-10-30(11-8-15)21(32)16-2-4-17(5-3-16)34(22,23,24,25)26/h2-6,9,12-15H,7-8,10-11H2,1H3,(H2,27,28)/b29-12+. The number of nitrogens with zero attached hydrogens (tertiary/aromatic N) is 3. The number of amides is 1. The summed E-state index contributed by atoms with van der Waals surface area (Å²) in [5.41, 5.74) is 7.10. The summed E-state index contributed by atoms with van der Waals surface area (Å²) in [5.74, 6) is -0.381. The predicted octanol–water partition coefficient (Wildman–Crippen LogP) is 5.60. The van der Waals surface area contributed by atoms with Crippen LogP contribution >= 0.6 is 10.2 Å². The molecule has 7 nitrogen and oxygen atoms in total. The van der Waals surface area contributed by atoms with Gasteiger partial charge < -0.3 is 15.4 Å². The van der Waals surface area contributed by atoms with E-state index in [1.54, 1.807) is 13.0 Å². The highest BCUT2D eigenvalue weighted by Gasteiger charge is 2.65. The average molecular weight is 506 g/mol. The van der Waals surface area contributed by atoms with Crippen molar-refractivity contribution >= 4 is 40.3 Å². The van der Waals surface area contributed by atoms with Crippen molar-refractivity contribution < 1.29 is 33.8 Å². The minimum absolute atomic E-state index is 0.0284. The second-order valence-corrected chi connectivity index (χ2v) is 10.3. The van der Waals surface area contributed by atoms with Crippen LogP contribution in [0.25, 0.3) is 0 Å². The second-order valence-electron chi connectivity index (χ2n) is 7.91. The van der Waals surface area contributed by atoms with Crippen molar-refractivity contribution in [3.05, 3.63) is 47.7 Å². The fourth-order valence-corrected chi connectivity index (χ4v) is 4.34. The van der Waals surface area contributed by atoms with Gasteiger partial charge in [0.25, 0.3) is 12.4 Å². The van der Waals surface area contributed by atoms with Crippen LogP contribution in [0.4, 0.5) is 30.9 Å². The smallest absolute Gasteiger partial charge is 0.310 e. The zero-order chi connectivity index (χ0) is 25.2. The third kappa shape index (κ3) is 6.01. The molecule has 34 heavy (non-hydrogen) atoms. The van der Waals surface area contributed by atoms with Crippen LogP contribution in [0.1, 0.15) is 41.6 Å². The fraction of sp³-hybridized carbons (Fsp3) is 0.333. The van der Waals surface area contributed by atoms with E-state index in [1.165, 1.54) is 17.3 Å². The van der Waals surface area contributed by atoms with E-state index in [0.717, 1.165) is 17.7 Å². The van der Waals surface area contributed by atoms with E-state index in [2.05, 4.69) is 9.98 Å². The minimum atomic E-state index is -9.79. The van der Waals surface area contributed by atoms with Gasteiger partial charge in [-0.1, -0.05) is 19.4 Å². The maximum Gasteiger partial charge on any atom is 0.310 e. The predicted molar refractivity (Wildman–Crippen MR) is 119 cm³/mol. The zero-order valence-electron chi connectivity index (χ0n) is 18.0. The number of carbonyl (C=O) groups is 2. The van der Waals surface area contributed by atoms with Crippen LogP contribution in [0, 0.1) is 0 Å². The number of anilines is 1. The first-order valence-corrected chi connectivity index (χ1v) is 12.2. The quantitative estimate of drug-likeness (QED) is 0.299. The minimum Gasteiger partial charge on any atom is -0.459 e. The Labute approximate surface area is 192 Å². The third-order valence-electron chi connectivity index (χ3n) is 5.44. The molecule has 1 aliphatic heterocycles. The van der Waals surface area contributed by atoms with Crippen LogP contribution in [0.5, 0.6) is 0 Å². The molecule has 1 unspecified atom stereocenters. The van der Waals surface area contributed by atoms with Crippen molar-refractivity contribution in [1.82, 2.24) is 9.88 Å². The van der Waals surface area contributed by atoms with E-state index in [4.69, 9.17) is 10.5 Å². The summed E-state index contributed by atoms with van der Waals surface area (Å²) in [6.45, 7) is 2.52. The molecule has 1 fully saturated rings. The highest BCUT2D eigenvalue weighted by Crippen LogP contribution is 3.02. The van der Waals surface area contributed by atoms with Gasteiger partial charge in [-0.25, -0.2) is 4.98 Å². The number of piperidine rings is 1. The Bertz CT molecular complexity index is 1100. The number of hydrogen-bond acceptors (Lipinski definition) is 6. The summed E-state index contributed by atoms with van der Waals surface area (Å²) in [5, 5.41) is 0. The van der Waals surface area contributed by atoms with Crippen LogP contribution < -0.4 is 5.73 Å². The number of nitrogens with two attached hydrogens (primary N) is 1. The zero-order valence-corrected chi connectivity index (χ0v) is 18.9. The summed E-state index contributed by atoms with van der Waals surface area (Å²) in [7, 11) is -9.79. The third-order valence-corrected chi connectivity index (χ3v) is 6.60. The first kappa shape index (κ1) is 25.4. The Kier molecular flexibility index (Phi) is 6.37. The number of aromatic nitrogens is 1. The Balaban J connectivity index is 1.71. The molecule has 2 aromatic rings. The van der Waals surface area contributed by atoms with E-state index in [1.807, 2.05) is 0 Å². The van der Waals surface area contributed by atoms with Gasteiger partial charge in [0.2, 0.25) is 0 Å². The number of carbonyl (C=O) groups excluding carboxylic acids is 2. The highest BCUT2D eigenvalue weighted by molar-refractivity contribution is 8.45. The van der Waals surface area contributed by atoms with Crippen LogP contribution in [0.3, 0.4) is 0 Å². The molecule has 1 saturated heterocycles. The number of pyridine rings is 1. The molecule has 1 aromatic heterocycles. The number of likely N-dealkylation sites (tertiary alicyclic amines) is 1. The van der Waals surface area contributed by atoms with Gasteiger partial charge in [0.1, 0.15) is 22.5 Å². The van der Waals surface area contributed by atoms with Crippen molar-refractivity contribution in [2.75, 3.05) is 18.8 Å². The first-order chi connectivity index (χ1) is 15.7. The Morgan fingerprint density at radius 2 is 1.79 bits per heavy atom. The number of aliphatic imine (C=N–C) groups is 1. The molecule has 0 radical (unpaired) electrons. The molecule has 1 aromatic carbocycles. The van der Waals surface area contributed by atoms with Gasteiger partial charge in [0.05, 0.1) is 0 Å². The summed E-state index contributed by atoms with van der Waals surface area (Å²) in [6, 6.07) is 3.76. The molecule has 186 valence electrons. The molecular formula is C21H23F5N4O3S. The fourth-order valence-electron chi connectivity index (χ4n) is 3.69. The second kappa shape index (κ2) is 8.53. The van der Waals surface area contributed by atoms with Crippen molar-refractivity contribution in [3.63, 3.8) is 0 Å². The first-order valence-electron chi connectivity index (χ1n) is 10.2. The number of hydrogen-bond donors (Lipinski definition) is 1. The number of ether oxygens (including phenoxy) is 1. The van der Waals surface area contributed by atoms with Crippen molar-refractivity contribution in [1.29, 1.82) is 0 Å². The van der Waals surface area contributed by atoms with Gasteiger partial charge in [-0.05, 0) is 61.6 Å². The topological polar surface area (TPSA) is 97.9 Å². The van der Waals surface area contributed by atoms with Gasteiger partial charge in [-0.15, -0.1) is 0 Å². The Morgan fingerprint density at radius 3 is 2.35 bits per heavy atom. The van der Waals surface area contributed by atoms with E-state index >= 15 is 0 Å². The summed E-state index contributed by atoms with van der Waals surface area (Å²) >= 11 is 0. The lowest BCUT2D eigenvalue weighted by molar-refractivity contribution is -0.130. The summed E-state index contributed by atoms with van der Waals surface area (Å²) < 4.78 is 69.3. The molecule has 1 aliphatic rings. The van der Waals surface area contributed by atoms with Crippen LogP contribution in [0.15, 0.2) is 46.4 Å². The lowest BCUT2D eigenvalue weighted by Gasteiger charge is -2.40. The molecule has 2 heterocycles. The van der Waals surface area contributed by atoms with Crippen molar-refractivity contribution in [3.8, 4) is 0 Å². The van der Waals surface area contributed by atoms with Gasteiger partial charge in [0.15, 0.2) is 0 Å². The molecule has 0 aliphatic carbocycles. The van der Waals surface area contributed by atoms with Crippen molar-refractivity contribution in [2.45, 2.75) is 36.7 Å². The molecule has 1 amide bonds. The average Bonchev–Trinajstić information content (AvgIpc) is 2.76. The van der Waals surface area contributed by atoms with E-state index in [9.17, 15) is 29.0 Å². The monoisotopic (exact) mass is 506 g/mol. The van der Waals surface area contributed by atoms with Crippen LogP contribution in [-0.2, 0) is 9.53 Å². The molecular weight excluding hydrogens is 483 g/mol. The molecule has 0 bridgehead atoms. The number of benzene rings is 1. The summed E-state index contributed by atoms with van der Waals surface area (Å²) in [4.78, 5) is 30.9. The summed E-state index contributed by atoms with van der Waals surface area (Å²) in [6.07, 6.45) is 3.41. The van der Waals surface area contributed by atoms with Gasteiger partial charge in [-0.3, -0.25) is 14.6 Å². The number of halogens is 5. The van der Waals surface area contributed by atoms with Gasteiger partial charge in [0, 0.05) is 31.1 Å². The molecule has 0 spiro atoms. The maximum absolute atomic E-state index is 12.9. The Morgan fingerprint density at radius 1 is 1.18 bits per heavy atom. The van der Waals surface area contributed by atoms with Crippen LogP contribution in [-0.4, -0.2) is 47.7 Å². The highest BCUT2D eigenvalue weighted by atomic mass is 32.5. The lowest BCUT2D eigenvalue weighted by atomic mass is 9.88.